The smallest absolute Gasteiger partial charge is 0.338 e. The zero-order valence-corrected chi connectivity index (χ0v) is 10.7. The molecule has 1 aromatic carbocycles. The van der Waals surface area contributed by atoms with Crippen LogP contribution in [0, 0.1) is 11.7 Å². The lowest BCUT2D eigenvalue weighted by Crippen LogP contribution is -2.33. The molecule has 6 nitrogen and oxygen atoms in total. The van der Waals surface area contributed by atoms with Crippen LogP contribution in [0.4, 0.5) is 14.9 Å². The molecule has 2 rings (SSSR count). The van der Waals surface area contributed by atoms with E-state index in [1.807, 2.05) is 0 Å². The topological polar surface area (TPSA) is 87.7 Å². The Morgan fingerprint density at radius 2 is 2.25 bits per heavy atom. The Kier molecular flexibility index (Phi) is 4.52. The Balaban J connectivity index is 1.90. The third-order valence-electron chi connectivity index (χ3n) is 3.03. The summed E-state index contributed by atoms with van der Waals surface area (Å²) in [5, 5.41) is 13.9. The predicted octanol–water partition coefficient (Wildman–Crippen LogP) is 1.68. The number of anilines is 1. The zero-order chi connectivity index (χ0) is 14.5. The average Bonchev–Trinajstić information content (AvgIpc) is 2.91. The van der Waals surface area contributed by atoms with Crippen molar-refractivity contribution in [3.63, 3.8) is 0 Å². The highest BCUT2D eigenvalue weighted by Crippen LogP contribution is 2.15. The molecule has 0 saturated carbocycles. The van der Waals surface area contributed by atoms with E-state index < -0.39 is 23.4 Å². The summed E-state index contributed by atoms with van der Waals surface area (Å²) in [5.74, 6) is -1.93. The molecule has 108 valence electrons. The number of carbonyl (C=O) groups is 2. The van der Waals surface area contributed by atoms with Crippen molar-refractivity contribution in [1.82, 2.24) is 5.32 Å². The molecule has 1 aliphatic rings. The number of ether oxygens (including phenoxy) is 1. The van der Waals surface area contributed by atoms with E-state index in [2.05, 4.69) is 10.6 Å². The second kappa shape index (κ2) is 6.33. The van der Waals surface area contributed by atoms with Gasteiger partial charge in [-0.3, -0.25) is 0 Å². The molecule has 1 aliphatic heterocycles. The lowest BCUT2D eigenvalue weighted by Gasteiger charge is -2.11. The number of benzene rings is 1. The number of urea groups is 1. The summed E-state index contributed by atoms with van der Waals surface area (Å²) in [4.78, 5) is 22.4. The molecule has 0 spiro atoms. The Labute approximate surface area is 114 Å². The van der Waals surface area contributed by atoms with Crippen molar-refractivity contribution in [1.29, 1.82) is 0 Å². The van der Waals surface area contributed by atoms with Crippen LogP contribution in [0.1, 0.15) is 16.8 Å². The summed E-state index contributed by atoms with van der Waals surface area (Å²) in [6.45, 7) is 1.81. The minimum absolute atomic E-state index is 0.226. The van der Waals surface area contributed by atoms with E-state index in [0.29, 0.717) is 25.7 Å². The van der Waals surface area contributed by atoms with Crippen LogP contribution in [0.15, 0.2) is 18.2 Å². The summed E-state index contributed by atoms with van der Waals surface area (Å²) >= 11 is 0. The first-order valence-corrected chi connectivity index (χ1v) is 6.21. The van der Waals surface area contributed by atoms with Crippen LogP contribution in [-0.2, 0) is 4.74 Å². The molecule has 0 bridgehead atoms. The van der Waals surface area contributed by atoms with Gasteiger partial charge < -0.3 is 20.5 Å². The molecule has 0 aromatic heterocycles. The number of halogens is 1. The maximum Gasteiger partial charge on any atom is 0.338 e. The monoisotopic (exact) mass is 282 g/mol. The van der Waals surface area contributed by atoms with E-state index in [0.717, 1.165) is 18.6 Å². The standard InChI is InChI=1S/C13H15FN2O4/c14-11-2-1-9(5-10(11)12(17)18)16-13(19)15-6-8-3-4-20-7-8/h1-2,5,8H,3-4,6-7H2,(H,17,18)(H2,15,16,19). The molecule has 1 saturated heterocycles. The largest absolute Gasteiger partial charge is 0.478 e. The third-order valence-corrected chi connectivity index (χ3v) is 3.03. The zero-order valence-electron chi connectivity index (χ0n) is 10.7. The highest BCUT2D eigenvalue weighted by atomic mass is 19.1. The van der Waals surface area contributed by atoms with Crippen LogP contribution >= 0.6 is 0 Å². The van der Waals surface area contributed by atoms with E-state index in [1.165, 1.54) is 6.07 Å². The Morgan fingerprint density at radius 1 is 1.45 bits per heavy atom. The molecule has 1 aromatic rings. The first kappa shape index (κ1) is 14.3. The van der Waals surface area contributed by atoms with Crippen molar-refractivity contribution < 1.29 is 23.8 Å². The molecule has 2 amide bonds. The van der Waals surface area contributed by atoms with E-state index >= 15 is 0 Å². The number of carboxylic acids is 1. The minimum Gasteiger partial charge on any atom is -0.478 e. The fourth-order valence-electron chi connectivity index (χ4n) is 1.92. The molecular weight excluding hydrogens is 267 g/mol. The fourth-order valence-corrected chi connectivity index (χ4v) is 1.92. The second-order valence-corrected chi connectivity index (χ2v) is 4.56. The number of amides is 2. The van der Waals surface area contributed by atoms with Gasteiger partial charge in [0, 0.05) is 24.8 Å². The number of carbonyl (C=O) groups excluding carboxylic acids is 1. The Hall–Kier alpha value is -2.15. The second-order valence-electron chi connectivity index (χ2n) is 4.56. The van der Waals surface area contributed by atoms with Gasteiger partial charge in [0.05, 0.1) is 12.2 Å². The van der Waals surface area contributed by atoms with E-state index in [-0.39, 0.29) is 5.69 Å². The number of hydrogen-bond acceptors (Lipinski definition) is 3. The number of rotatable bonds is 4. The molecule has 7 heteroatoms. The highest BCUT2D eigenvalue weighted by Gasteiger charge is 2.16. The highest BCUT2D eigenvalue weighted by molar-refractivity contribution is 5.93. The molecule has 1 heterocycles. The Bertz CT molecular complexity index is 515. The van der Waals surface area contributed by atoms with Crippen LogP contribution in [0.3, 0.4) is 0 Å². The molecule has 0 aliphatic carbocycles. The Morgan fingerprint density at radius 3 is 2.90 bits per heavy atom. The lowest BCUT2D eigenvalue weighted by molar-refractivity contribution is 0.0692. The number of carboxylic acid groups (broad SMARTS) is 1. The lowest BCUT2D eigenvalue weighted by atomic mass is 10.1. The van der Waals surface area contributed by atoms with Crippen molar-refractivity contribution in [2.75, 3.05) is 25.1 Å². The number of nitrogens with one attached hydrogen (secondary N) is 2. The maximum absolute atomic E-state index is 13.2. The van der Waals surface area contributed by atoms with Crippen LogP contribution in [0.2, 0.25) is 0 Å². The van der Waals surface area contributed by atoms with E-state index in [9.17, 15) is 14.0 Å². The van der Waals surface area contributed by atoms with Crippen molar-refractivity contribution in [2.24, 2.45) is 5.92 Å². The van der Waals surface area contributed by atoms with Crippen molar-refractivity contribution in [2.45, 2.75) is 6.42 Å². The minimum atomic E-state index is -1.38. The SMILES string of the molecule is O=C(NCC1CCOC1)Nc1ccc(F)c(C(=O)O)c1. The van der Waals surface area contributed by atoms with E-state index in [4.69, 9.17) is 9.84 Å². The van der Waals surface area contributed by atoms with Crippen LogP contribution in [0.25, 0.3) is 0 Å². The van der Waals surface area contributed by atoms with Crippen LogP contribution < -0.4 is 10.6 Å². The molecule has 0 radical (unpaired) electrons. The van der Waals surface area contributed by atoms with Gasteiger partial charge in [0.15, 0.2) is 0 Å². The summed E-state index contributed by atoms with van der Waals surface area (Å²) in [5.41, 5.74) is -0.254. The van der Waals surface area contributed by atoms with Gasteiger partial charge >= 0.3 is 12.0 Å². The molecule has 1 atom stereocenters. The third kappa shape index (κ3) is 3.67. The molecule has 1 unspecified atom stereocenters. The summed E-state index contributed by atoms with van der Waals surface area (Å²) in [6.07, 6.45) is 0.903. The van der Waals surface area contributed by atoms with Crippen LogP contribution in [-0.4, -0.2) is 36.9 Å². The molecule has 3 N–H and O–H groups in total. The quantitative estimate of drug-likeness (QED) is 0.784. The van der Waals surface area contributed by atoms with E-state index in [1.54, 1.807) is 0 Å². The summed E-state index contributed by atoms with van der Waals surface area (Å²) in [7, 11) is 0. The van der Waals surface area contributed by atoms with Gasteiger partial charge in [0.2, 0.25) is 0 Å². The van der Waals surface area contributed by atoms with Gasteiger partial charge in [0.1, 0.15) is 5.82 Å². The maximum atomic E-state index is 13.2. The molecule has 1 fully saturated rings. The van der Waals surface area contributed by atoms with Gasteiger partial charge in [-0.1, -0.05) is 0 Å². The average molecular weight is 282 g/mol. The predicted molar refractivity (Wildman–Crippen MR) is 69.3 cm³/mol. The van der Waals surface area contributed by atoms with Gasteiger partial charge in [-0.25, -0.2) is 14.0 Å². The van der Waals surface area contributed by atoms with Gasteiger partial charge in [0.25, 0.3) is 0 Å². The van der Waals surface area contributed by atoms with Gasteiger partial charge in [-0.05, 0) is 24.6 Å². The van der Waals surface area contributed by atoms with Gasteiger partial charge in [-0.15, -0.1) is 0 Å². The first-order valence-electron chi connectivity index (χ1n) is 6.21. The number of hydrogen-bond donors (Lipinski definition) is 3. The molecule has 20 heavy (non-hydrogen) atoms. The van der Waals surface area contributed by atoms with Crippen molar-refractivity contribution in [3.8, 4) is 0 Å². The van der Waals surface area contributed by atoms with Gasteiger partial charge in [-0.2, -0.15) is 0 Å². The summed E-state index contributed by atoms with van der Waals surface area (Å²) < 4.78 is 18.4. The van der Waals surface area contributed by atoms with Crippen LogP contribution in [0.5, 0.6) is 0 Å². The van der Waals surface area contributed by atoms with Crippen molar-refractivity contribution >= 4 is 17.7 Å². The fraction of sp³-hybridized carbons (Fsp3) is 0.385. The molecular formula is C13H15FN2O4. The first-order chi connectivity index (χ1) is 9.56. The number of aromatic carboxylic acids is 1. The summed E-state index contributed by atoms with van der Waals surface area (Å²) in [6, 6.07) is 2.93. The van der Waals surface area contributed by atoms with Crippen molar-refractivity contribution in [3.05, 3.63) is 29.6 Å². The normalized spacial score (nSPS) is 17.8.